The van der Waals surface area contributed by atoms with Crippen LogP contribution in [-0.2, 0) is 9.47 Å². The third-order valence-corrected chi connectivity index (χ3v) is 4.18. The van der Waals surface area contributed by atoms with E-state index in [2.05, 4.69) is 4.98 Å². The Labute approximate surface area is 123 Å². The molecule has 1 spiro atoms. The number of piperidine rings is 1. The van der Waals surface area contributed by atoms with E-state index < -0.39 is 11.8 Å². The molecule has 1 N–H and O–H groups in total. The molecule has 0 atom stereocenters. The van der Waals surface area contributed by atoms with Crippen LogP contribution in [0.2, 0.25) is 0 Å². The zero-order valence-corrected chi connectivity index (χ0v) is 12.4. The Morgan fingerprint density at radius 3 is 2.48 bits per heavy atom. The molecule has 0 bridgehead atoms. The van der Waals surface area contributed by atoms with E-state index >= 15 is 0 Å². The van der Waals surface area contributed by atoms with Gasteiger partial charge in [-0.3, -0.25) is 0 Å². The lowest BCUT2D eigenvalue weighted by atomic mass is 10.0. The summed E-state index contributed by atoms with van der Waals surface area (Å²) in [5.41, 5.74) is 1.88. The van der Waals surface area contributed by atoms with Gasteiger partial charge in [0.15, 0.2) is 5.79 Å². The second-order valence-corrected chi connectivity index (χ2v) is 5.68. The normalized spacial score (nSPS) is 21.0. The Bertz CT molecular complexity index is 557. The van der Waals surface area contributed by atoms with E-state index in [4.69, 9.17) is 9.47 Å². The van der Waals surface area contributed by atoms with Crippen LogP contribution >= 0.6 is 0 Å². The Morgan fingerprint density at radius 1 is 1.29 bits per heavy atom. The molecule has 0 amide bonds. The fraction of sp³-hybridized carbons (Fsp3) is 0.600. The summed E-state index contributed by atoms with van der Waals surface area (Å²) >= 11 is 0. The molecule has 6 nitrogen and oxygen atoms in total. The zero-order chi connectivity index (χ0) is 15.0. The molecular weight excluding hydrogens is 272 g/mol. The van der Waals surface area contributed by atoms with Crippen molar-refractivity contribution < 1.29 is 19.4 Å². The SMILES string of the molecule is Cc1cc(C)c(C(=O)O)c(N2CCC3(CC2)OCCO3)n1. The minimum atomic E-state index is -0.927. The minimum absolute atomic E-state index is 0.296. The van der Waals surface area contributed by atoms with Crippen molar-refractivity contribution in [1.82, 2.24) is 4.98 Å². The van der Waals surface area contributed by atoms with Crippen molar-refractivity contribution in [3.8, 4) is 0 Å². The van der Waals surface area contributed by atoms with Crippen molar-refractivity contribution in [2.75, 3.05) is 31.2 Å². The van der Waals surface area contributed by atoms with Gasteiger partial charge in [0, 0.05) is 31.6 Å². The second-order valence-electron chi connectivity index (χ2n) is 5.68. The van der Waals surface area contributed by atoms with Crippen LogP contribution in [0.5, 0.6) is 0 Å². The van der Waals surface area contributed by atoms with E-state index in [-0.39, 0.29) is 0 Å². The van der Waals surface area contributed by atoms with Crippen LogP contribution < -0.4 is 4.90 Å². The Morgan fingerprint density at radius 2 is 1.90 bits per heavy atom. The fourth-order valence-corrected chi connectivity index (χ4v) is 3.16. The minimum Gasteiger partial charge on any atom is -0.478 e. The fourth-order valence-electron chi connectivity index (χ4n) is 3.16. The first kappa shape index (κ1) is 14.3. The molecule has 0 unspecified atom stereocenters. The van der Waals surface area contributed by atoms with Crippen LogP contribution in [0.4, 0.5) is 5.82 Å². The van der Waals surface area contributed by atoms with Gasteiger partial charge in [-0.1, -0.05) is 0 Å². The summed E-state index contributed by atoms with van der Waals surface area (Å²) in [6.45, 7) is 6.36. The first-order valence-electron chi connectivity index (χ1n) is 7.25. The summed E-state index contributed by atoms with van der Waals surface area (Å²) in [7, 11) is 0. The van der Waals surface area contributed by atoms with Gasteiger partial charge in [0.1, 0.15) is 11.4 Å². The van der Waals surface area contributed by atoms with Gasteiger partial charge in [0.05, 0.1) is 13.2 Å². The molecule has 3 heterocycles. The largest absolute Gasteiger partial charge is 0.478 e. The quantitative estimate of drug-likeness (QED) is 0.895. The van der Waals surface area contributed by atoms with Crippen molar-refractivity contribution in [3.05, 3.63) is 22.9 Å². The highest BCUT2D eigenvalue weighted by molar-refractivity contribution is 5.95. The highest BCUT2D eigenvalue weighted by Crippen LogP contribution is 2.34. The van der Waals surface area contributed by atoms with Gasteiger partial charge in [-0.05, 0) is 25.5 Å². The van der Waals surface area contributed by atoms with Gasteiger partial charge >= 0.3 is 5.97 Å². The van der Waals surface area contributed by atoms with Gasteiger partial charge in [-0.25, -0.2) is 9.78 Å². The molecule has 21 heavy (non-hydrogen) atoms. The van der Waals surface area contributed by atoms with E-state index in [1.807, 2.05) is 24.8 Å². The lowest BCUT2D eigenvalue weighted by Gasteiger charge is -2.38. The topological polar surface area (TPSA) is 71.9 Å². The lowest BCUT2D eigenvalue weighted by molar-refractivity contribution is -0.169. The molecular formula is C15H20N2O4. The third kappa shape index (κ3) is 2.61. The number of carbonyl (C=O) groups is 1. The molecule has 0 aliphatic carbocycles. The number of carboxylic acids is 1. The van der Waals surface area contributed by atoms with E-state index in [9.17, 15) is 9.90 Å². The van der Waals surface area contributed by atoms with E-state index in [0.717, 1.165) is 24.1 Å². The summed E-state index contributed by atoms with van der Waals surface area (Å²) in [6.07, 6.45) is 1.47. The van der Waals surface area contributed by atoms with Crippen LogP contribution in [0.15, 0.2) is 6.07 Å². The molecule has 3 rings (SSSR count). The van der Waals surface area contributed by atoms with Crippen LogP contribution in [0.1, 0.15) is 34.5 Å². The number of carboxylic acid groups (broad SMARTS) is 1. The standard InChI is InChI=1S/C15H20N2O4/c1-10-9-11(2)16-13(12(10)14(18)19)17-5-3-15(4-6-17)20-7-8-21-15/h9H,3-8H2,1-2H3,(H,18,19). The van der Waals surface area contributed by atoms with Crippen molar-refractivity contribution in [3.63, 3.8) is 0 Å². The van der Waals surface area contributed by atoms with Crippen LogP contribution in [-0.4, -0.2) is 48.2 Å². The van der Waals surface area contributed by atoms with Gasteiger partial charge in [-0.2, -0.15) is 0 Å². The molecule has 2 fully saturated rings. The summed E-state index contributed by atoms with van der Waals surface area (Å²) in [5, 5.41) is 9.46. The first-order valence-corrected chi connectivity index (χ1v) is 7.25. The van der Waals surface area contributed by atoms with Gasteiger partial charge in [-0.15, -0.1) is 0 Å². The highest BCUT2D eigenvalue weighted by atomic mass is 16.7. The second kappa shape index (κ2) is 5.27. The van der Waals surface area contributed by atoms with Crippen LogP contribution in [0, 0.1) is 13.8 Å². The van der Waals surface area contributed by atoms with Gasteiger partial charge < -0.3 is 19.5 Å². The Kier molecular flexibility index (Phi) is 3.59. The van der Waals surface area contributed by atoms with Crippen LogP contribution in [0.3, 0.4) is 0 Å². The van der Waals surface area contributed by atoms with E-state index in [1.54, 1.807) is 0 Å². The smallest absolute Gasteiger partial charge is 0.339 e. The molecule has 0 radical (unpaired) electrons. The molecule has 1 aromatic heterocycles. The average molecular weight is 292 g/mol. The lowest BCUT2D eigenvalue weighted by Crippen LogP contribution is -2.46. The Balaban J connectivity index is 1.86. The van der Waals surface area contributed by atoms with Gasteiger partial charge in [0.2, 0.25) is 0 Å². The molecule has 114 valence electrons. The molecule has 0 aromatic carbocycles. The van der Waals surface area contributed by atoms with Crippen molar-refractivity contribution in [2.24, 2.45) is 0 Å². The number of rotatable bonds is 2. The maximum atomic E-state index is 11.5. The molecule has 2 saturated heterocycles. The van der Waals surface area contributed by atoms with E-state index in [1.165, 1.54) is 0 Å². The molecule has 2 aliphatic rings. The van der Waals surface area contributed by atoms with Crippen molar-refractivity contribution in [2.45, 2.75) is 32.5 Å². The predicted molar refractivity (Wildman–Crippen MR) is 76.8 cm³/mol. The summed E-state index contributed by atoms with van der Waals surface area (Å²) in [6, 6.07) is 1.81. The monoisotopic (exact) mass is 292 g/mol. The highest BCUT2D eigenvalue weighted by Gasteiger charge is 2.40. The number of aromatic carboxylic acids is 1. The predicted octanol–water partition coefficient (Wildman–Crippen LogP) is 1.74. The number of hydrogen-bond acceptors (Lipinski definition) is 5. The Hall–Kier alpha value is -1.66. The number of nitrogens with zero attached hydrogens (tertiary/aromatic N) is 2. The third-order valence-electron chi connectivity index (χ3n) is 4.18. The summed E-state index contributed by atoms with van der Waals surface area (Å²) in [5.74, 6) is -0.824. The van der Waals surface area contributed by atoms with Crippen molar-refractivity contribution in [1.29, 1.82) is 0 Å². The first-order chi connectivity index (χ1) is 10.0. The number of aryl methyl sites for hydroxylation is 2. The maximum Gasteiger partial charge on any atom is 0.339 e. The van der Waals surface area contributed by atoms with Crippen LogP contribution in [0.25, 0.3) is 0 Å². The molecule has 6 heteroatoms. The summed E-state index contributed by atoms with van der Waals surface area (Å²) in [4.78, 5) is 18.0. The molecule has 2 aliphatic heterocycles. The number of anilines is 1. The zero-order valence-electron chi connectivity index (χ0n) is 12.4. The van der Waals surface area contributed by atoms with E-state index in [0.29, 0.717) is 37.7 Å². The number of aromatic nitrogens is 1. The number of ether oxygens (including phenoxy) is 2. The molecule has 1 aromatic rings. The van der Waals surface area contributed by atoms with Gasteiger partial charge in [0.25, 0.3) is 0 Å². The maximum absolute atomic E-state index is 11.5. The summed E-state index contributed by atoms with van der Waals surface area (Å²) < 4.78 is 11.4. The molecule has 0 saturated carbocycles. The number of pyridine rings is 1. The number of hydrogen-bond donors (Lipinski definition) is 1. The van der Waals surface area contributed by atoms with Crippen molar-refractivity contribution >= 4 is 11.8 Å². The average Bonchev–Trinajstić information content (AvgIpc) is 2.86.